The number of aryl methyl sites for hydroxylation is 2. The molecule has 0 aliphatic rings. The summed E-state index contributed by atoms with van der Waals surface area (Å²) in [6, 6.07) is 10.5. The van der Waals surface area contributed by atoms with Gasteiger partial charge in [-0.25, -0.2) is 0 Å². The third-order valence-electron chi connectivity index (χ3n) is 5.46. The first-order chi connectivity index (χ1) is 15.2. The number of amides is 2. The molecule has 2 rings (SSSR count). The summed E-state index contributed by atoms with van der Waals surface area (Å²) < 4.78 is 6.85. The number of carbonyl (C=O) groups excluding carboxylic acids is 2. The predicted molar refractivity (Wildman–Crippen MR) is 133 cm³/mol. The molecular weight excluding hydrogens is 492 g/mol. The van der Waals surface area contributed by atoms with Gasteiger partial charge in [-0.2, -0.15) is 0 Å². The molecule has 2 amide bonds. The van der Waals surface area contributed by atoms with Crippen molar-refractivity contribution in [1.82, 2.24) is 10.2 Å². The third-order valence-corrected chi connectivity index (χ3v) is 7.08. The highest BCUT2D eigenvalue weighted by Crippen LogP contribution is 2.26. The van der Waals surface area contributed by atoms with Crippen molar-refractivity contribution in [3.8, 4) is 5.75 Å². The van der Waals surface area contributed by atoms with Crippen molar-refractivity contribution in [3.63, 3.8) is 0 Å². The van der Waals surface area contributed by atoms with E-state index in [1.807, 2.05) is 65.0 Å². The van der Waals surface area contributed by atoms with Crippen molar-refractivity contribution < 1.29 is 14.3 Å². The Kier molecular flexibility index (Phi) is 10.0. The van der Waals surface area contributed by atoms with Gasteiger partial charge in [0, 0.05) is 22.1 Å². The average molecular weight is 524 g/mol. The van der Waals surface area contributed by atoms with Crippen LogP contribution in [-0.2, 0) is 16.1 Å². The monoisotopic (exact) mass is 522 g/mol. The quantitative estimate of drug-likeness (QED) is 0.427. The maximum absolute atomic E-state index is 13.3. The zero-order valence-corrected chi connectivity index (χ0v) is 21.7. The van der Waals surface area contributed by atoms with Crippen molar-refractivity contribution in [2.45, 2.75) is 66.1 Å². The smallest absolute Gasteiger partial charge is 0.261 e. The number of benzene rings is 2. The van der Waals surface area contributed by atoms with E-state index in [9.17, 15) is 9.59 Å². The SMILES string of the molecule is CCC(C)NC(=O)C(CC)N(Cc1ccccc1Cl)C(=O)COc1cc(C)c(Br)c(C)c1. The minimum atomic E-state index is -0.621. The Labute approximate surface area is 204 Å². The molecule has 0 aromatic heterocycles. The van der Waals surface area contributed by atoms with Gasteiger partial charge in [0.15, 0.2) is 6.61 Å². The Morgan fingerprint density at radius 2 is 1.75 bits per heavy atom. The van der Waals surface area contributed by atoms with E-state index in [0.717, 1.165) is 27.6 Å². The number of nitrogens with one attached hydrogen (secondary N) is 1. The summed E-state index contributed by atoms with van der Waals surface area (Å²) in [5.74, 6) is 0.179. The topological polar surface area (TPSA) is 58.6 Å². The molecule has 0 aliphatic heterocycles. The van der Waals surface area contributed by atoms with Crippen LogP contribution in [0.5, 0.6) is 5.75 Å². The number of hydrogen-bond acceptors (Lipinski definition) is 3. The van der Waals surface area contributed by atoms with Gasteiger partial charge >= 0.3 is 0 Å². The van der Waals surface area contributed by atoms with E-state index < -0.39 is 6.04 Å². The molecule has 0 saturated carbocycles. The molecule has 0 aliphatic carbocycles. The lowest BCUT2D eigenvalue weighted by molar-refractivity contribution is -0.143. The van der Waals surface area contributed by atoms with Crippen molar-refractivity contribution in [2.75, 3.05) is 6.61 Å². The second kappa shape index (κ2) is 12.3. The van der Waals surface area contributed by atoms with Crippen LogP contribution in [0, 0.1) is 13.8 Å². The normalized spacial score (nSPS) is 12.7. The van der Waals surface area contributed by atoms with Crippen LogP contribution in [0.1, 0.15) is 50.3 Å². The molecule has 7 heteroatoms. The molecule has 0 spiro atoms. The van der Waals surface area contributed by atoms with Gasteiger partial charge in [0.1, 0.15) is 11.8 Å². The highest BCUT2D eigenvalue weighted by Gasteiger charge is 2.30. The molecule has 0 heterocycles. The van der Waals surface area contributed by atoms with Gasteiger partial charge in [-0.15, -0.1) is 0 Å². The first-order valence-corrected chi connectivity index (χ1v) is 12.1. The van der Waals surface area contributed by atoms with Gasteiger partial charge in [-0.1, -0.05) is 59.6 Å². The Balaban J connectivity index is 2.26. The van der Waals surface area contributed by atoms with Crippen LogP contribution in [0.25, 0.3) is 0 Å². The molecule has 0 fully saturated rings. The average Bonchev–Trinajstić information content (AvgIpc) is 2.76. The summed E-state index contributed by atoms with van der Waals surface area (Å²) in [4.78, 5) is 27.8. The second-order valence-electron chi connectivity index (χ2n) is 8.01. The molecule has 32 heavy (non-hydrogen) atoms. The van der Waals surface area contributed by atoms with Gasteiger partial charge in [0.05, 0.1) is 0 Å². The van der Waals surface area contributed by atoms with E-state index >= 15 is 0 Å². The molecule has 1 N–H and O–H groups in total. The first kappa shape index (κ1) is 26.2. The van der Waals surface area contributed by atoms with Crippen LogP contribution < -0.4 is 10.1 Å². The lowest BCUT2D eigenvalue weighted by Crippen LogP contribution is -2.51. The number of halogens is 2. The predicted octanol–water partition coefficient (Wildman–Crippen LogP) is 5.82. The van der Waals surface area contributed by atoms with Crippen LogP contribution in [0.3, 0.4) is 0 Å². The standard InChI is InChI=1S/C25H32BrClN2O3/c1-6-18(5)28-25(31)22(7-2)29(14-19-10-8-9-11-21(19)27)23(30)15-32-20-12-16(3)24(26)17(4)13-20/h8-13,18,22H,6-7,14-15H2,1-5H3,(H,28,31). The van der Waals surface area contributed by atoms with Gasteiger partial charge < -0.3 is 15.0 Å². The van der Waals surface area contributed by atoms with Gasteiger partial charge in [-0.05, 0) is 68.5 Å². The number of hydrogen-bond donors (Lipinski definition) is 1. The molecule has 0 saturated heterocycles. The fourth-order valence-electron chi connectivity index (χ4n) is 3.39. The van der Waals surface area contributed by atoms with E-state index in [2.05, 4.69) is 21.2 Å². The highest BCUT2D eigenvalue weighted by atomic mass is 79.9. The summed E-state index contributed by atoms with van der Waals surface area (Å²) >= 11 is 9.90. The van der Waals surface area contributed by atoms with Crippen molar-refractivity contribution in [3.05, 3.63) is 62.6 Å². The lowest BCUT2D eigenvalue weighted by atomic mass is 10.1. The Morgan fingerprint density at radius 1 is 1.12 bits per heavy atom. The molecule has 0 radical (unpaired) electrons. The van der Waals surface area contributed by atoms with E-state index in [4.69, 9.17) is 16.3 Å². The summed E-state index contributed by atoms with van der Waals surface area (Å²) in [5.41, 5.74) is 2.84. The minimum absolute atomic E-state index is 0.0266. The number of carbonyl (C=O) groups is 2. The lowest BCUT2D eigenvalue weighted by Gasteiger charge is -2.31. The second-order valence-corrected chi connectivity index (χ2v) is 9.21. The van der Waals surface area contributed by atoms with Crippen LogP contribution in [0.15, 0.2) is 40.9 Å². The van der Waals surface area contributed by atoms with E-state index in [0.29, 0.717) is 17.2 Å². The van der Waals surface area contributed by atoms with Gasteiger partial charge in [0.2, 0.25) is 5.91 Å². The number of ether oxygens (including phenoxy) is 1. The first-order valence-electron chi connectivity index (χ1n) is 10.9. The van der Waals surface area contributed by atoms with Crippen LogP contribution >= 0.6 is 27.5 Å². The fourth-order valence-corrected chi connectivity index (χ4v) is 3.81. The van der Waals surface area contributed by atoms with Gasteiger partial charge in [-0.3, -0.25) is 9.59 Å². The summed E-state index contributed by atoms with van der Waals surface area (Å²) in [6.07, 6.45) is 1.29. The molecular formula is C25H32BrClN2O3. The number of rotatable bonds is 10. The molecule has 5 nitrogen and oxygen atoms in total. The van der Waals surface area contributed by atoms with Gasteiger partial charge in [0.25, 0.3) is 5.91 Å². The van der Waals surface area contributed by atoms with Crippen molar-refractivity contribution in [1.29, 1.82) is 0 Å². The molecule has 2 aromatic carbocycles. The minimum Gasteiger partial charge on any atom is -0.484 e. The van der Waals surface area contributed by atoms with Crippen LogP contribution in [-0.4, -0.2) is 35.4 Å². The Bertz CT molecular complexity index is 928. The highest BCUT2D eigenvalue weighted by molar-refractivity contribution is 9.10. The van der Waals surface area contributed by atoms with E-state index in [1.165, 1.54) is 0 Å². The van der Waals surface area contributed by atoms with Crippen molar-refractivity contribution >= 4 is 39.3 Å². The zero-order valence-electron chi connectivity index (χ0n) is 19.4. The summed E-state index contributed by atoms with van der Waals surface area (Å²) in [5, 5.41) is 3.56. The van der Waals surface area contributed by atoms with E-state index in [1.54, 1.807) is 11.0 Å². The third kappa shape index (κ3) is 6.97. The summed E-state index contributed by atoms with van der Waals surface area (Å²) in [7, 11) is 0. The fraction of sp³-hybridized carbons (Fsp3) is 0.440. The largest absolute Gasteiger partial charge is 0.484 e. The van der Waals surface area contributed by atoms with Crippen LogP contribution in [0.4, 0.5) is 0 Å². The Morgan fingerprint density at radius 3 is 2.31 bits per heavy atom. The maximum Gasteiger partial charge on any atom is 0.261 e. The summed E-state index contributed by atoms with van der Waals surface area (Å²) in [6.45, 7) is 9.87. The molecule has 2 unspecified atom stereocenters. The Hall–Kier alpha value is -2.05. The molecule has 0 bridgehead atoms. The van der Waals surface area contributed by atoms with Crippen molar-refractivity contribution in [2.24, 2.45) is 0 Å². The maximum atomic E-state index is 13.3. The van der Waals surface area contributed by atoms with Crippen LogP contribution in [0.2, 0.25) is 5.02 Å². The molecule has 2 aromatic rings. The molecule has 2 atom stereocenters. The van der Waals surface area contributed by atoms with E-state index in [-0.39, 0.29) is 31.0 Å². The molecule has 174 valence electrons. The zero-order chi connectivity index (χ0) is 23.8. The number of nitrogens with zero attached hydrogens (tertiary/aromatic N) is 1.